The van der Waals surface area contributed by atoms with Gasteiger partial charge >= 0.3 is 47.9 Å². The Balaban J connectivity index is 5.78. The maximum absolute atomic E-state index is 13.1. The summed E-state index contributed by atoms with van der Waals surface area (Å²) in [5.41, 5.74) is 0. The molecule has 0 radical (unpaired) electrons. The minimum absolute atomic E-state index is 0.801. The van der Waals surface area contributed by atoms with Gasteiger partial charge in [-0.25, -0.2) is 8.78 Å². The van der Waals surface area contributed by atoms with Gasteiger partial charge < -0.3 is 0 Å². The largest absolute Gasteiger partial charge is 0.384 e. The Labute approximate surface area is 139 Å². The Morgan fingerprint density at radius 3 is 1.07 bits per heavy atom. The highest BCUT2D eigenvalue weighted by Crippen LogP contribution is 2.57. The van der Waals surface area contributed by atoms with Crippen molar-refractivity contribution >= 4 is 0 Å². The predicted molar refractivity (Wildman–Crippen MR) is 55.5 cm³/mol. The van der Waals surface area contributed by atoms with Crippen LogP contribution >= 0.6 is 0 Å². The zero-order valence-corrected chi connectivity index (χ0v) is 12.5. The molecule has 0 aliphatic carbocycles. The van der Waals surface area contributed by atoms with Gasteiger partial charge in [-0.05, 0) is 0 Å². The smallest absolute Gasteiger partial charge is 0.203 e. The van der Waals surface area contributed by atoms with Crippen LogP contribution in [0.25, 0.3) is 0 Å². The first-order valence-corrected chi connectivity index (χ1v) is 6.33. The third kappa shape index (κ3) is 4.03. The second-order valence-corrected chi connectivity index (χ2v) is 5.44. The number of hydrogen-bond acceptors (Lipinski definition) is 0. The average molecular weight is 444 g/mol. The molecule has 0 heterocycles. The second kappa shape index (κ2) is 6.74. The molecule has 164 valence electrons. The van der Waals surface area contributed by atoms with Crippen molar-refractivity contribution in [2.24, 2.45) is 0 Å². The van der Waals surface area contributed by atoms with Crippen LogP contribution in [-0.2, 0) is 0 Å². The molecule has 0 amide bonds. The normalized spacial score (nSPS) is 16.2. The van der Waals surface area contributed by atoms with Gasteiger partial charge in [0.25, 0.3) is 0 Å². The summed E-state index contributed by atoms with van der Waals surface area (Å²) in [5, 5.41) is 0. The third-order valence-corrected chi connectivity index (χ3v) is 3.31. The number of hydrogen-bond donors (Lipinski definition) is 0. The minimum Gasteiger partial charge on any atom is -0.203 e. The molecule has 27 heavy (non-hydrogen) atoms. The topological polar surface area (TPSA) is 0 Å². The average Bonchev–Trinajstić information content (AvgIpc) is 2.43. The van der Waals surface area contributed by atoms with E-state index in [0.717, 1.165) is 0 Å². The van der Waals surface area contributed by atoms with Crippen molar-refractivity contribution in [3.63, 3.8) is 0 Å². The highest BCUT2D eigenvalue weighted by atomic mass is 19.4. The van der Waals surface area contributed by atoms with Gasteiger partial charge in [-0.1, -0.05) is 0 Å². The summed E-state index contributed by atoms with van der Waals surface area (Å²) >= 11 is 0. The Hall–Kier alpha value is -1.12. The Morgan fingerprint density at radius 1 is 0.519 bits per heavy atom. The maximum Gasteiger partial charge on any atom is 0.384 e. The molecule has 0 fully saturated rings. The summed E-state index contributed by atoms with van der Waals surface area (Å²) in [6.07, 6.45) is -12.3. The molecule has 0 rings (SSSR count). The molecule has 0 aliphatic rings. The molecule has 0 atom stereocenters. The summed E-state index contributed by atoms with van der Waals surface area (Å²) in [5.74, 6) is -46.9. The molecule has 0 aromatic carbocycles. The fourth-order valence-corrected chi connectivity index (χ4v) is 1.53. The van der Waals surface area contributed by atoms with Gasteiger partial charge in [0.1, 0.15) is 0 Å². The van der Waals surface area contributed by atoms with Gasteiger partial charge in [-0.2, -0.15) is 61.5 Å². The summed E-state index contributed by atoms with van der Waals surface area (Å²) in [4.78, 5) is 0. The van der Waals surface area contributed by atoms with E-state index in [1.165, 1.54) is 0 Å². The van der Waals surface area contributed by atoms with Crippen LogP contribution in [0.3, 0.4) is 0 Å². The fraction of sp³-hybridized carbons (Fsp3) is 1.00. The molecule has 0 aromatic heterocycles. The van der Waals surface area contributed by atoms with E-state index in [1.54, 1.807) is 0 Å². The first kappa shape index (κ1) is 25.9. The fourth-order valence-electron chi connectivity index (χ4n) is 1.53. The highest BCUT2D eigenvalue weighted by molar-refractivity contribution is 5.05. The van der Waals surface area contributed by atoms with Crippen molar-refractivity contribution in [1.29, 1.82) is 0 Å². The molecule has 0 bridgehead atoms. The lowest BCUT2D eigenvalue weighted by atomic mass is 9.92. The van der Waals surface area contributed by atoms with Crippen molar-refractivity contribution < 1.29 is 70.2 Å². The summed E-state index contributed by atoms with van der Waals surface area (Å²) in [7, 11) is 0. The first-order chi connectivity index (χ1) is 11.4. The highest BCUT2D eigenvalue weighted by Gasteiger charge is 2.83. The van der Waals surface area contributed by atoms with Crippen molar-refractivity contribution in [1.82, 2.24) is 0 Å². The molecule has 0 nitrogen and oxygen atoms in total. The number of halogens is 16. The van der Waals surface area contributed by atoms with Gasteiger partial charge in [-0.15, -0.1) is 0 Å². The van der Waals surface area contributed by atoms with Gasteiger partial charge in [-0.3, -0.25) is 0 Å². The van der Waals surface area contributed by atoms with Crippen LogP contribution in [0, 0.1) is 0 Å². The molecule has 0 aliphatic heterocycles. The van der Waals surface area contributed by atoms with Crippen LogP contribution < -0.4 is 0 Å². The van der Waals surface area contributed by atoms with Crippen LogP contribution in [0.4, 0.5) is 70.2 Å². The Bertz CT molecular complexity index is 513. The molecular formula is C11H8F16. The summed E-state index contributed by atoms with van der Waals surface area (Å²) < 4.78 is 203. The minimum atomic E-state index is -7.51. The first-order valence-electron chi connectivity index (χ1n) is 6.33. The van der Waals surface area contributed by atoms with Gasteiger partial charge in [0, 0.05) is 19.8 Å². The summed E-state index contributed by atoms with van der Waals surface area (Å²) in [6.45, 7) is -0.801. The lowest BCUT2D eigenvalue weighted by Gasteiger charge is -2.37. The van der Waals surface area contributed by atoms with Crippen molar-refractivity contribution in [2.75, 3.05) is 0 Å². The van der Waals surface area contributed by atoms with Crippen LogP contribution in [0.5, 0.6) is 0 Å². The summed E-state index contributed by atoms with van der Waals surface area (Å²) in [6, 6.07) is 0. The van der Waals surface area contributed by atoms with E-state index in [0.29, 0.717) is 0 Å². The quantitative estimate of drug-likeness (QED) is 0.357. The van der Waals surface area contributed by atoms with Crippen LogP contribution in [0.1, 0.15) is 19.8 Å². The van der Waals surface area contributed by atoms with Gasteiger partial charge in [0.05, 0.1) is 0 Å². The predicted octanol–water partition coefficient (Wildman–Crippen LogP) is 6.50. The third-order valence-electron chi connectivity index (χ3n) is 3.31. The van der Waals surface area contributed by atoms with Crippen molar-refractivity contribution in [3.8, 4) is 0 Å². The van der Waals surface area contributed by atoms with Crippen molar-refractivity contribution in [2.45, 2.75) is 67.6 Å². The van der Waals surface area contributed by atoms with E-state index >= 15 is 0 Å². The monoisotopic (exact) mass is 444 g/mol. The van der Waals surface area contributed by atoms with E-state index in [4.69, 9.17) is 0 Å². The van der Waals surface area contributed by atoms with E-state index in [2.05, 4.69) is 0 Å². The van der Waals surface area contributed by atoms with Crippen LogP contribution in [0.15, 0.2) is 0 Å². The number of alkyl halides is 16. The van der Waals surface area contributed by atoms with Crippen LogP contribution in [-0.4, -0.2) is 47.9 Å². The molecule has 16 heteroatoms. The van der Waals surface area contributed by atoms with Crippen LogP contribution in [0.2, 0.25) is 0 Å². The van der Waals surface area contributed by atoms with Gasteiger partial charge in [0.15, 0.2) is 0 Å². The molecule has 0 N–H and O–H groups in total. The van der Waals surface area contributed by atoms with E-state index in [9.17, 15) is 70.2 Å². The molecular weight excluding hydrogens is 436 g/mol. The second-order valence-electron chi connectivity index (χ2n) is 5.44. The lowest BCUT2D eigenvalue weighted by Crippen LogP contribution is -2.64. The Morgan fingerprint density at radius 2 is 0.815 bits per heavy atom. The molecule has 0 saturated carbocycles. The molecule has 0 aromatic rings. The standard InChI is InChI=1S/C11H8F16/c1-5(14,15)9(22,23)6(16,17)2-3-7(18,19)10(24,25)11(26,27)8(20,21)4(12)13/h4H,2-3H2,1H3. The number of rotatable bonds is 9. The van der Waals surface area contributed by atoms with Crippen molar-refractivity contribution in [3.05, 3.63) is 0 Å². The zero-order chi connectivity index (χ0) is 22.5. The van der Waals surface area contributed by atoms with Gasteiger partial charge in [0.2, 0.25) is 0 Å². The SMILES string of the molecule is CC(F)(F)C(F)(F)C(F)(F)CCC(F)(F)C(F)(F)C(F)(F)C(F)(F)C(F)F. The molecule has 0 saturated heterocycles. The molecule has 0 spiro atoms. The zero-order valence-electron chi connectivity index (χ0n) is 12.5. The maximum atomic E-state index is 13.1. The molecule has 0 unspecified atom stereocenters. The van der Waals surface area contributed by atoms with E-state index in [-0.39, 0.29) is 0 Å². The van der Waals surface area contributed by atoms with E-state index in [1.807, 2.05) is 0 Å². The Kier molecular flexibility index (Phi) is 6.46. The van der Waals surface area contributed by atoms with E-state index < -0.39 is 67.6 Å². The lowest BCUT2D eigenvalue weighted by molar-refractivity contribution is -0.386.